The summed E-state index contributed by atoms with van der Waals surface area (Å²) in [5, 5.41) is 4.27. The molecule has 2 N–H and O–H groups in total. The lowest BCUT2D eigenvalue weighted by atomic mass is 9.82. The lowest BCUT2D eigenvalue weighted by Gasteiger charge is -2.24. The standard InChI is InChI=1S/C13H18N4/c1-2-10-8-15-17-12(14)7-11(16-13(10)17)6-9-4-3-5-9/h7-9H,2-6,14H2,1H3. The number of nitrogens with two attached hydrogens (primary N) is 1. The van der Waals surface area contributed by atoms with Crippen LogP contribution in [0.25, 0.3) is 5.65 Å². The van der Waals surface area contributed by atoms with Crippen LogP contribution in [0, 0.1) is 5.92 Å². The summed E-state index contributed by atoms with van der Waals surface area (Å²) in [4.78, 5) is 4.71. The summed E-state index contributed by atoms with van der Waals surface area (Å²) in [5.74, 6) is 1.52. The van der Waals surface area contributed by atoms with Gasteiger partial charge in [-0.3, -0.25) is 0 Å². The van der Waals surface area contributed by atoms with Gasteiger partial charge in [0.25, 0.3) is 0 Å². The first-order chi connectivity index (χ1) is 8.28. The third kappa shape index (κ3) is 1.77. The van der Waals surface area contributed by atoms with Gasteiger partial charge in [-0.05, 0) is 18.8 Å². The number of rotatable bonds is 3. The molecule has 0 amide bonds. The van der Waals surface area contributed by atoms with E-state index in [9.17, 15) is 0 Å². The molecule has 1 fully saturated rings. The molecule has 4 nitrogen and oxygen atoms in total. The van der Waals surface area contributed by atoms with Crippen molar-refractivity contribution < 1.29 is 0 Å². The Morgan fingerprint density at radius 1 is 1.47 bits per heavy atom. The Morgan fingerprint density at radius 2 is 2.29 bits per heavy atom. The fraction of sp³-hybridized carbons (Fsp3) is 0.538. The molecule has 0 aromatic carbocycles. The van der Waals surface area contributed by atoms with Gasteiger partial charge in [-0.2, -0.15) is 9.61 Å². The van der Waals surface area contributed by atoms with Gasteiger partial charge < -0.3 is 5.73 Å². The van der Waals surface area contributed by atoms with Crippen molar-refractivity contribution in [2.45, 2.75) is 39.0 Å². The molecule has 0 atom stereocenters. The second kappa shape index (κ2) is 4.02. The van der Waals surface area contributed by atoms with Crippen molar-refractivity contribution in [1.82, 2.24) is 14.6 Å². The fourth-order valence-electron chi connectivity index (χ4n) is 2.43. The van der Waals surface area contributed by atoms with Gasteiger partial charge >= 0.3 is 0 Å². The molecule has 0 saturated heterocycles. The third-order valence-corrected chi connectivity index (χ3v) is 3.73. The van der Waals surface area contributed by atoms with Gasteiger partial charge in [0.05, 0.1) is 6.20 Å². The van der Waals surface area contributed by atoms with Crippen LogP contribution >= 0.6 is 0 Å². The maximum absolute atomic E-state index is 6.02. The van der Waals surface area contributed by atoms with E-state index in [2.05, 4.69) is 12.0 Å². The quantitative estimate of drug-likeness (QED) is 0.879. The number of hydrogen-bond acceptors (Lipinski definition) is 3. The summed E-state index contributed by atoms with van der Waals surface area (Å²) >= 11 is 0. The summed E-state index contributed by atoms with van der Waals surface area (Å²) in [6.07, 6.45) is 7.93. The number of anilines is 1. The van der Waals surface area contributed by atoms with Gasteiger partial charge in [0.1, 0.15) is 5.82 Å². The summed E-state index contributed by atoms with van der Waals surface area (Å²) < 4.78 is 1.74. The molecule has 17 heavy (non-hydrogen) atoms. The Balaban J connectivity index is 2.01. The highest BCUT2D eigenvalue weighted by Gasteiger charge is 2.19. The van der Waals surface area contributed by atoms with Crippen molar-refractivity contribution in [3.05, 3.63) is 23.5 Å². The predicted molar refractivity (Wildman–Crippen MR) is 67.8 cm³/mol. The summed E-state index contributed by atoms with van der Waals surface area (Å²) in [6.45, 7) is 2.12. The van der Waals surface area contributed by atoms with Gasteiger partial charge in [-0.25, -0.2) is 4.98 Å². The minimum absolute atomic E-state index is 0.698. The lowest BCUT2D eigenvalue weighted by Crippen LogP contribution is -2.15. The topological polar surface area (TPSA) is 56.2 Å². The highest BCUT2D eigenvalue weighted by molar-refractivity contribution is 5.52. The number of nitrogens with zero attached hydrogens (tertiary/aromatic N) is 3. The van der Waals surface area contributed by atoms with Crippen LogP contribution in [0.3, 0.4) is 0 Å². The smallest absolute Gasteiger partial charge is 0.160 e. The summed E-state index contributed by atoms with van der Waals surface area (Å²) in [7, 11) is 0. The summed E-state index contributed by atoms with van der Waals surface area (Å²) in [5.41, 5.74) is 9.25. The highest BCUT2D eigenvalue weighted by atomic mass is 15.3. The largest absolute Gasteiger partial charge is 0.384 e. The molecule has 2 aromatic rings. The van der Waals surface area contributed by atoms with Crippen molar-refractivity contribution in [3.63, 3.8) is 0 Å². The van der Waals surface area contributed by atoms with E-state index in [0.717, 1.165) is 30.1 Å². The monoisotopic (exact) mass is 230 g/mol. The summed E-state index contributed by atoms with van der Waals surface area (Å²) in [6, 6.07) is 1.97. The molecule has 90 valence electrons. The van der Waals surface area contributed by atoms with E-state index in [1.165, 1.54) is 24.8 Å². The van der Waals surface area contributed by atoms with Gasteiger partial charge in [0.15, 0.2) is 5.65 Å². The average Bonchev–Trinajstić information content (AvgIpc) is 2.67. The number of hydrogen-bond donors (Lipinski definition) is 1. The zero-order valence-electron chi connectivity index (χ0n) is 10.2. The number of aryl methyl sites for hydroxylation is 1. The van der Waals surface area contributed by atoms with Crippen molar-refractivity contribution in [1.29, 1.82) is 0 Å². The normalized spacial score (nSPS) is 16.3. The van der Waals surface area contributed by atoms with Crippen LogP contribution in [0.1, 0.15) is 37.4 Å². The molecule has 1 aliphatic carbocycles. The molecule has 1 saturated carbocycles. The van der Waals surface area contributed by atoms with E-state index in [4.69, 9.17) is 10.7 Å². The van der Waals surface area contributed by atoms with Crippen molar-refractivity contribution in [3.8, 4) is 0 Å². The van der Waals surface area contributed by atoms with Crippen LogP contribution in [0.4, 0.5) is 5.82 Å². The maximum atomic E-state index is 6.02. The van der Waals surface area contributed by atoms with Crippen LogP contribution in [0.15, 0.2) is 12.3 Å². The molecular formula is C13H18N4. The maximum Gasteiger partial charge on any atom is 0.160 e. The second-order valence-electron chi connectivity index (χ2n) is 4.93. The molecule has 0 bridgehead atoms. The van der Waals surface area contributed by atoms with Gasteiger partial charge in [0, 0.05) is 17.3 Å². The molecule has 3 rings (SSSR count). The molecule has 0 aliphatic heterocycles. The van der Waals surface area contributed by atoms with E-state index < -0.39 is 0 Å². The first kappa shape index (κ1) is 10.6. The van der Waals surface area contributed by atoms with E-state index >= 15 is 0 Å². The minimum Gasteiger partial charge on any atom is -0.384 e. The first-order valence-electron chi connectivity index (χ1n) is 6.40. The number of aromatic nitrogens is 3. The van der Waals surface area contributed by atoms with Crippen LogP contribution in [0.2, 0.25) is 0 Å². The molecule has 2 aromatic heterocycles. The Morgan fingerprint density at radius 3 is 2.94 bits per heavy atom. The number of fused-ring (bicyclic) bond motifs is 1. The van der Waals surface area contributed by atoms with E-state index in [1.54, 1.807) is 4.52 Å². The van der Waals surface area contributed by atoms with Crippen LogP contribution in [0.5, 0.6) is 0 Å². The average molecular weight is 230 g/mol. The Bertz CT molecular complexity index is 540. The van der Waals surface area contributed by atoms with Gasteiger partial charge in [0.2, 0.25) is 0 Å². The van der Waals surface area contributed by atoms with Crippen LogP contribution < -0.4 is 5.73 Å². The third-order valence-electron chi connectivity index (χ3n) is 3.73. The highest BCUT2D eigenvalue weighted by Crippen LogP contribution is 2.29. The zero-order chi connectivity index (χ0) is 11.8. The molecule has 0 unspecified atom stereocenters. The van der Waals surface area contributed by atoms with E-state index in [-0.39, 0.29) is 0 Å². The molecule has 1 aliphatic rings. The molecular weight excluding hydrogens is 212 g/mol. The molecule has 0 spiro atoms. The molecule has 4 heteroatoms. The molecule has 0 radical (unpaired) electrons. The molecule has 2 heterocycles. The van der Waals surface area contributed by atoms with Gasteiger partial charge in [-0.1, -0.05) is 26.2 Å². The number of nitrogen functional groups attached to an aromatic ring is 1. The van der Waals surface area contributed by atoms with E-state index in [0.29, 0.717) is 5.82 Å². The Kier molecular flexibility index (Phi) is 2.50. The van der Waals surface area contributed by atoms with Crippen molar-refractivity contribution in [2.24, 2.45) is 5.92 Å². The Hall–Kier alpha value is -1.58. The SMILES string of the molecule is CCc1cnn2c(N)cc(CC3CCC3)nc12. The predicted octanol–water partition coefficient (Wildman–Crippen LogP) is 2.22. The first-order valence-corrected chi connectivity index (χ1v) is 6.40. The van der Waals surface area contributed by atoms with E-state index in [1.807, 2.05) is 12.3 Å². The van der Waals surface area contributed by atoms with Crippen LogP contribution in [-0.4, -0.2) is 14.6 Å². The lowest BCUT2D eigenvalue weighted by molar-refractivity contribution is 0.312. The van der Waals surface area contributed by atoms with Crippen LogP contribution in [-0.2, 0) is 12.8 Å². The van der Waals surface area contributed by atoms with Crippen molar-refractivity contribution in [2.75, 3.05) is 5.73 Å². The minimum atomic E-state index is 0.698. The van der Waals surface area contributed by atoms with Crippen molar-refractivity contribution >= 4 is 11.5 Å². The zero-order valence-corrected chi connectivity index (χ0v) is 10.2. The van der Waals surface area contributed by atoms with Gasteiger partial charge in [-0.15, -0.1) is 0 Å². The fourth-order valence-corrected chi connectivity index (χ4v) is 2.43. The second-order valence-corrected chi connectivity index (χ2v) is 4.93. The Labute approximate surface area is 101 Å².